The van der Waals surface area contributed by atoms with Crippen LogP contribution in [0.2, 0.25) is 0 Å². The van der Waals surface area contributed by atoms with Gasteiger partial charge in [0.1, 0.15) is 11.6 Å². The van der Waals surface area contributed by atoms with E-state index in [4.69, 9.17) is 0 Å². The molecule has 2 aromatic carbocycles. The fraction of sp³-hybridized carbons (Fsp3) is 0.250. The average Bonchev–Trinajstić information content (AvgIpc) is 2.43. The molecule has 0 aliphatic heterocycles. The van der Waals surface area contributed by atoms with Gasteiger partial charge in [0.05, 0.1) is 6.04 Å². The Balaban J connectivity index is 2.44. The number of halogens is 3. The van der Waals surface area contributed by atoms with E-state index in [-0.39, 0.29) is 17.7 Å². The summed E-state index contributed by atoms with van der Waals surface area (Å²) < 4.78 is 27.7. The smallest absolute Gasteiger partial charge is 0.123 e. The first-order chi connectivity index (χ1) is 9.61. The van der Waals surface area contributed by atoms with Crippen molar-refractivity contribution < 1.29 is 8.78 Å². The summed E-state index contributed by atoms with van der Waals surface area (Å²) >= 11 is 3.44. The molecule has 0 amide bonds. The predicted molar refractivity (Wildman–Crippen MR) is 80.6 cm³/mol. The maximum atomic E-state index is 13.5. The molecule has 20 heavy (non-hydrogen) atoms. The number of rotatable bonds is 5. The second-order valence-corrected chi connectivity index (χ2v) is 5.46. The summed E-state index contributed by atoms with van der Waals surface area (Å²) in [6, 6.07) is 10.7. The van der Waals surface area contributed by atoms with Crippen molar-refractivity contribution in [1.82, 2.24) is 5.32 Å². The van der Waals surface area contributed by atoms with Gasteiger partial charge >= 0.3 is 0 Å². The molecule has 0 aliphatic carbocycles. The van der Waals surface area contributed by atoms with Crippen molar-refractivity contribution in [2.24, 2.45) is 0 Å². The zero-order valence-corrected chi connectivity index (χ0v) is 12.8. The minimum absolute atomic E-state index is 0.240. The first-order valence-electron chi connectivity index (χ1n) is 6.55. The van der Waals surface area contributed by atoms with E-state index in [2.05, 4.69) is 28.2 Å². The lowest BCUT2D eigenvalue weighted by atomic mass is 9.98. The molecule has 106 valence electrons. The molecule has 2 rings (SSSR count). The normalized spacial score (nSPS) is 12.4. The third-order valence-electron chi connectivity index (χ3n) is 3.05. The van der Waals surface area contributed by atoms with Crippen LogP contribution in [0.4, 0.5) is 8.78 Å². The van der Waals surface area contributed by atoms with E-state index in [9.17, 15) is 8.78 Å². The topological polar surface area (TPSA) is 12.0 Å². The van der Waals surface area contributed by atoms with Gasteiger partial charge in [-0.15, -0.1) is 0 Å². The van der Waals surface area contributed by atoms with Gasteiger partial charge in [0.25, 0.3) is 0 Å². The average molecular weight is 340 g/mol. The molecule has 2 aromatic rings. The number of nitrogens with one attached hydrogen (secondary N) is 1. The Kier molecular flexibility index (Phi) is 5.26. The second kappa shape index (κ2) is 6.95. The van der Waals surface area contributed by atoms with E-state index in [1.54, 1.807) is 12.1 Å². The van der Waals surface area contributed by atoms with Crippen LogP contribution >= 0.6 is 15.9 Å². The first-order valence-corrected chi connectivity index (χ1v) is 7.35. The number of benzene rings is 2. The summed E-state index contributed by atoms with van der Waals surface area (Å²) in [6.45, 7) is 2.82. The maximum absolute atomic E-state index is 13.5. The van der Waals surface area contributed by atoms with Gasteiger partial charge in [-0.1, -0.05) is 35.0 Å². The standard InChI is InChI=1S/C16H16BrF2N/c1-2-8-20-16(11-4-3-5-12(18)9-11)14-10-13(19)6-7-15(14)17/h3-7,9-10,16,20H,2,8H2,1H3. The molecule has 0 spiro atoms. The molecule has 0 saturated carbocycles. The van der Waals surface area contributed by atoms with Crippen LogP contribution in [-0.4, -0.2) is 6.54 Å². The Morgan fingerprint density at radius 2 is 1.85 bits per heavy atom. The highest BCUT2D eigenvalue weighted by atomic mass is 79.9. The molecule has 0 bridgehead atoms. The monoisotopic (exact) mass is 339 g/mol. The fourth-order valence-electron chi connectivity index (χ4n) is 2.12. The minimum Gasteiger partial charge on any atom is -0.306 e. The Morgan fingerprint density at radius 3 is 2.55 bits per heavy atom. The van der Waals surface area contributed by atoms with Crippen LogP contribution in [0.25, 0.3) is 0 Å². The highest BCUT2D eigenvalue weighted by molar-refractivity contribution is 9.10. The van der Waals surface area contributed by atoms with E-state index in [1.165, 1.54) is 24.3 Å². The van der Waals surface area contributed by atoms with Gasteiger partial charge in [-0.2, -0.15) is 0 Å². The van der Waals surface area contributed by atoms with E-state index in [0.717, 1.165) is 28.6 Å². The molecule has 0 saturated heterocycles. The quantitative estimate of drug-likeness (QED) is 0.823. The SMILES string of the molecule is CCCNC(c1cccc(F)c1)c1cc(F)ccc1Br. The predicted octanol–water partition coefficient (Wildman–Crippen LogP) is 4.82. The second-order valence-electron chi connectivity index (χ2n) is 4.61. The van der Waals surface area contributed by atoms with Gasteiger partial charge in [-0.25, -0.2) is 8.78 Å². The third-order valence-corrected chi connectivity index (χ3v) is 3.77. The van der Waals surface area contributed by atoms with Gasteiger partial charge in [0.2, 0.25) is 0 Å². The maximum Gasteiger partial charge on any atom is 0.123 e. The van der Waals surface area contributed by atoms with Crippen molar-refractivity contribution in [2.75, 3.05) is 6.54 Å². The summed E-state index contributed by atoms with van der Waals surface area (Å²) in [5.74, 6) is -0.596. The van der Waals surface area contributed by atoms with Gasteiger partial charge in [0.15, 0.2) is 0 Å². The molecule has 1 unspecified atom stereocenters. The van der Waals surface area contributed by atoms with Gasteiger partial charge < -0.3 is 5.32 Å². The molecule has 1 atom stereocenters. The van der Waals surface area contributed by atoms with Crippen LogP contribution < -0.4 is 5.32 Å². The van der Waals surface area contributed by atoms with Gasteiger partial charge in [-0.05, 0) is 54.4 Å². The zero-order chi connectivity index (χ0) is 14.5. The van der Waals surface area contributed by atoms with Crippen LogP contribution in [0.5, 0.6) is 0 Å². The fourth-order valence-corrected chi connectivity index (χ4v) is 2.59. The van der Waals surface area contributed by atoms with Crippen molar-refractivity contribution in [3.05, 3.63) is 69.7 Å². The highest BCUT2D eigenvalue weighted by Crippen LogP contribution is 2.29. The summed E-state index contributed by atoms with van der Waals surface area (Å²) in [4.78, 5) is 0. The van der Waals surface area contributed by atoms with Gasteiger partial charge in [-0.3, -0.25) is 0 Å². The van der Waals surface area contributed by atoms with Crippen LogP contribution in [-0.2, 0) is 0 Å². The van der Waals surface area contributed by atoms with Crippen molar-refractivity contribution in [1.29, 1.82) is 0 Å². The minimum atomic E-state index is -0.303. The zero-order valence-electron chi connectivity index (χ0n) is 11.2. The Labute approximate surface area is 126 Å². The van der Waals surface area contributed by atoms with E-state index in [1.807, 2.05) is 6.07 Å². The lowest BCUT2D eigenvalue weighted by Crippen LogP contribution is -2.23. The van der Waals surface area contributed by atoms with E-state index >= 15 is 0 Å². The molecular formula is C16H16BrF2N. The van der Waals surface area contributed by atoms with E-state index < -0.39 is 0 Å². The molecule has 0 aliphatic rings. The first kappa shape index (κ1) is 15.1. The van der Waals surface area contributed by atoms with Crippen LogP contribution in [0.1, 0.15) is 30.5 Å². The van der Waals surface area contributed by atoms with Crippen LogP contribution in [0.15, 0.2) is 46.9 Å². The molecule has 4 heteroatoms. The molecule has 0 fully saturated rings. The number of hydrogen-bond donors (Lipinski definition) is 1. The third kappa shape index (κ3) is 3.64. The molecular weight excluding hydrogens is 324 g/mol. The molecule has 1 nitrogen and oxygen atoms in total. The highest BCUT2D eigenvalue weighted by Gasteiger charge is 2.17. The lowest BCUT2D eigenvalue weighted by Gasteiger charge is -2.21. The van der Waals surface area contributed by atoms with Crippen LogP contribution in [0.3, 0.4) is 0 Å². The lowest BCUT2D eigenvalue weighted by molar-refractivity contribution is 0.575. The van der Waals surface area contributed by atoms with Crippen molar-refractivity contribution in [2.45, 2.75) is 19.4 Å². The molecule has 0 radical (unpaired) electrons. The molecule has 1 N–H and O–H groups in total. The summed E-state index contributed by atoms with van der Waals surface area (Å²) in [5.41, 5.74) is 1.55. The van der Waals surface area contributed by atoms with Gasteiger partial charge in [0, 0.05) is 4.47 Å². The van der Waals surface area contributed by atoms with Crippen molar-refractivity contribution in [3.8, 4) is 0 Å². The molecule has 0 heterocycles. The van der Waals surface area contributed by atoms with Crippen LogP contribution in [0, 0.1) is 11.6 Å². The Hall–Kier alpha value is -1.26. The Bertz CT molecular complexity index is 586. The summed E-state index contributed by atoms with van der Waals surface area (Å²) in [5, 5.41) is 3.33. The Morgan fingerprint density at radius 1 is 1.10 bits per heavy atom. The number of hydrogen-bond acceptors (Lipinski definition) is 1. The van der Waals surface area contributed by atoms with E-state index in [0.29, 0.717) is 0 Å². The van der Waals surface area contributed by atoms with Crippen molar-refractivity contribution in [3.63, 3.8) is 0 Å². The summed E-state index contributed by atoms with van der Waals surface area (Å²) in [6.07, 6.45) is 0.943. The van der Waals surface area contributed by atoms with Crippen molar-refractivity contribution >= 4 is 15.9 Å². The largest absolute Gasteiger partial charge is 0.306 e. The molecule has 0 aromatic heterocycles. The summed E-state index contributed by atoms with van der Waals surface area (Å²) in [7, 11) is 0.